The van der Waals surface area contributed by atoms with E-state index in [1.807, 2.05) is 6.26 Å². The number of hydrogen-bond donors (Lipinski definition) is 0. The van der Waals surface area contributed by atoms with E-state index in [2.05, 4.69) is 4.74 Å². The zero-order valence-corrected chi connectivity index (χ0v) is 17.4. The van der Waals surface area contributed by atoms with Crippen LogP contribution < -0.4 is 4.31 Å². The summed E-state index contributed by atoms with van der Waals surface area (Å²) in [5, 5.41) is 0. The van der Waals surface area contributed by atoms with Crippen LogP contribution in [0.15, 0.2) is 58.3 Å². The molecular formula is C19H21NO6S2. The first-order chi connectivity index (χ1) is 13.3. The van der Waals surface area contributed by atoms with Crippen molar-refractivity contribution in [1.82, 2.24) is 0 Å². The zero-order valence-electron chi connectivity index (χ0n) is 15.7. The van der Waals surface area contributed by atoms with Crippen LogP contribution in [0.4, 0.5) is 5.69 Å². The fraction of sp³-hybridized carbons (Fsp3) is 0.263. The Balaban J connectivity index is 2.51. The van der Waals surface area contributed by atoms with Gasteiger partial charge in [0.2, 0.25) is 0 Å². The van der Waals surface area contributed by atoms with E-state index in [0.29, 0.717) is 0 Å². The molecule has 0 unspecified atom stereocenters. The number of carbonyl (C=O) groups excluding carboxylic acids is 2. The van der Waals surface area contributed by atoms with Crippen molar-refractivity contribution >= 4 is 39.4 Å². The normalized spacial score (nSPS) is 11.0. The predicted octanol–water partition coefficient (Wildman–Crippen LogP) is 2.95. The summed E-state index contributed by atoms with van der Waals surface area (Å²) >= 11 is 1.48. The van der Waals surface area contributed by atoms with Crippen LogP contribution in [0, 0.1) is 0 Å². The second-order valence-electron chi connectivity index (χ2n) is 5.53. The van der Waals surface area contributed by atoms with Crippen LogP contribution in [0.5, 0.6) is 0 Å². The van der Waals surface area contributed by atoms with Gasteiger partial charge in [0.25, 0.3) is 10.0 Å². The molecule has 0 bridgehead atoms. The number of thioether (sulfide) groups is 1. The first kappa shape index (κ1) is 21.8. The van der Waals surface area contributed by atoms with Gasteiger partial charge in [0, 0.05) is 4.90 Å². The summed E-state index contributed by atoms with van der Waals surface area (Å²) in [6.45, 7) is 1.33. The molecule has 28 heavy (non-hydrogen) atoms. The topological polar surface area (TPSA) is 90.0 Å². The molecule has 2 aromatic carbocycles. The highest BCUT2D eigenvalue weighted by molar-refractivity contribution is 7.98. The molecule has 0 radical (unpaired) electrons. The fourth-order valence-electron chi connectivity index (χ4n) is 2.37. The van der Waals surface area contributed by atoms with Gasteiger partial charge in [0.1, 0.15) is 6.54 Å². The van der Waals surface area contributed by atoms with E-state index in [9.17, 15) is 18.0 Å². The third kappa shape index (κ3) is 5.05. The van der Waals surface area contributed by atoms with Crippen LogP contribution in [0.2, 0.25) is 0 Å². The predicted molar refractivity (Wildman–Crippen MR) is 107 cm³/mol. The molecule has 0 heterocycles. The first-order valence-electron chi connectivity index (χ1n) is 8.34. The Labute approximate surface area is 168 Å². The largest absolute Gasteiger partial charge is 0.468 e. The van der Waals surface area contributed by atoms with Crippen molar-refractivity contribution < 1.29 is 27.5 Å². The van der Waals surface area contributed by atoms with Crippen LogP contribution in [0.1, 0.15) is 17.3 Å². The summed E-state index contributed by atoms with van der Waals surface area (Å²) < 4.78 is 36.9. The standard InChI is InChI=1S/C19H21NO6S2/c1-4-26-19(22)14-6-5-7-15(12-14)20(13-18(21)25-2)28(23,24)17-10-8-16(27-3)9-11-17/h5-12H,4,13H2,1-3H3. The maximum absolute atomic E-state index is 13.2. The number of methoxy groups -OCH3 is 1. The molecule has 0 aliphatic carbocycles. The van der Waals surface area contributed by atoms with Gasteiger partial charge in [-0.3, -0.25) is 9.10 Å². The number of benzene rings is 2. The molecule has 0 saturated heterocycles. The average molecular weight is 424 g/mol. The Morgan fingerprint density at radius 3 is 2.36 bits per heavy atom. The molecule has 2 aromatic rings. The molecule has 2 rings (SSSR count). The molecule has 0 amide bonds. The van der Waals surface area contributed by atoms with Crippen LogP contribution in [0.25, 0.3) is 0 Å². The minimum absolute atomic E-state index is 0.0238. The number of hydrogen-bond acceptors (Lipinski definition) is 7. The summed E-state index contributed by atoms with van der Waals surface area (Å²) in [6, 6.07) is 12.2. The quantitative estimate of drug-likeness (QED) is 0.476. The molecule has 0 aliphatic heterocycles. The Hall–Kier alpha value is -2.52. The van der Waals surface area contributed by atoms with Gasteiger partial charge >= 0.3 is 11.9 Å². The van der Waals surface area contributed by atoms with Gasteiger partial charge in [-0.25, -0.2) is 13.2 Å². The van der Waals surface area contributed by atoms with Crippen molar-refractivity contribution in [3.05, 3.63) is 54.1 Å². The minimum atomic E-state index is -4.07. The lowest BCUT2D eigenvalue weighted by Crippen LogP contribution is -2.36. The molecule has 7 nitrogen and oxygen atoms in total. The van der Waals surface area contributed by atoms with E-state index in [4.69, 9.17) is 4.74 Å². The maximum Gasteiger partial charge on any atom is 0.338 e. The van der Waals surface area contributed by atoms with Gasteiger partial charge in [-0.15, -0.1) is 11.8 Å². The SMILES string of the molecule is CCOC(=O)c1cccc(N(CC(=O)OC)S(=O)(=O)c2ccc(SC)cc2)c1. The first-order valence-corrected chi connectivity index (χ1v) is 11.0. The van der Waals surface area contributed by atoms with E-state index in [1.54, 1.807) is 19.1 Å². The van der Waals surface area contributed by atoms with Gasteiger partial charge in [-0.05, 0) is 55.6 Å². The monoisotopic (exact) mass is 423 g/mol. The van der Waals surface area contributed by atoms with Gasteiger partial charge in [-0.2, -0.15) is 0 Å². The Kier molecular flexibility index (Phi) is 7.47. The van der Waals surface area contributed by atoms with Crippen molar-refractivity contribution in [3.63, 3.8) is 0 Å². The van der Waals surface area contributed by atoms with Gasteiger partial charge in [0.15, 0.2) is 0 Å². The van der Waals surface area contributed by atoms with Gasteiger partial charge in [-0.1, -0.05) is 6.07 Å². The second-order valence-corrected chi connectivity index (χ2v) is 8.28. The Morgan fingerprint density at radius 1 is 1.11 bits per heavy atom. The lowest BCUT2D eigenvalue weighted by atomic mass is 10.2. The van der Waals surface area contributed by atoms with Crippen molar-refractivity contribution in [2.24, 2.45) is 0 Å². The molecule has 0 spiro atoms. The molecule has 0 N–H and O–H groups in total. The van der Waals surface area contributed by atoms with Crippen molar-refractivity contribution in [2.75, 3.05) is 30.8 Å². The lowest BCUT2D eigenvalue weighted by molar-refractivity contribution is -0.138. The van der Waals surface area contributed by atoms with Gasteiger partial charge in [0.05, 0.1) is 29.9 Å². The number of sulfonamides is 1. The molecule has 150 valence electrons. The number of esters is 2. The highest BCUT2D eigenvalue weighted by Crippen LogP contribution is 2.26. The van der Waals surface area contributed by atoms with Crippen LogP contribution >= 0.6 is 11.8 Å². The third-order valence-electron chi connectivity index (χ3n) is 3.79. The summed E-state index contributed by atoms with van der Waals surface area (Å²) in [5.74, 6) is -1.31. The molecule has 0 aliphatic rings. The van der Waals surface area contributed by atoms with Crippen molar-refractivity contribution in [1.29, 1.82) is 0 Å². The van der Waals surface area contributed by atoms with E-state index in [0.717, 1.165) is 9.20 Å². The molecule has 9 heteroatoms. The van der Waals surface area contributed by atoms with Crippen LogP contribution in [-0.4, -0.2) is 46.9 Å². The highest BCUT2D eigenvalue weighted by atomic mass is 32.2. The molecule has 0 atom stereocenters. The molecule has 0 saturated carbocycles. The van der Waals surface area contributed by atoms with Crippen LogP contribution in [-0.2, 0) is 24.3 Å². The van der Waals surface area contributed by atoms with Crippen LogP contribution in [0.3, 0.4) is 0 Å². The number of nitrogens with zero attached hydrogens (tertiary/aromatic N) is 1. The Morgan fingerprint density at radius 2 is 1.79 bits per heavy atom. The summed E-state index contributed by atoms with van der Waals surface area (Å²) in [5.41, 5.74) is 0.340. The van der Waals surface area contributed by atoms with E-state index < -0.39 is 28.5 Å². The number of ether oxygens (including phenoxy) is 2. The average Bonchev–Trinajstić information content (AvgIpc) is 2.71. The maximum atomic E-state index is 13.2. The minimum Gasteiger partial charge on any atom is -0.468 e. The number of anilines is 1. The third-order valence-corrected chi connectivity index (χ3v) is 6.32. The number of rotatable bonds is 8. The number of carbonyl (C=O) groups is 2. The molecule has 0 fully saturated rings. The Bertz CT molecular complexity index is 941. The molecular weight excluding hydrogens is 402 g/mol. The molecule has 0 aromatic heterocycles. The van der Waals surface area contributed by atoms with Crippen molar-refractivity contribution in [3.8, 4) is 0 Å². The smallest absolute Gasteiger partial charge is 0.338 e. The van der Waals surface area contributed by atoms with E-state index in [1.165, 1.54) is 55.3 Å². The highest BCUT2D eigenvalue weighted by Gasteiger charge is 2.28. The summed E-state index contributed by atoms with van der Waals surface area (Å²) in [6.07, 6.45) is 1.88. The van der Waals surface area contributed by atoms with Crippen molar-refractivity contribution in [2.45, 2.75) is 16.7 Å². The lowest BCUT2D eigenvalue weighted by Gasteiger charge is -2.24. The van der Waals surface area contributed by atoms with Gasteiger partial charge < -0.3 is 9.47 Å². The summed E-state index contributed by atoms with van der Waals surface area (Å²) in [7, 11) is -2.89. The summed E-state index contributed by atoms with van der Waals surface area (Å²) in [4.78, 5) is 24.8. The van der Waals surface area contributed by atoms with E-state index >= 15 is 0 Å². The second kappa shape index (κ2) is 9.61. The van der Waals surface area contributed by atoms with E-state index in [-0.39, 0.29) is 22.8 Å². The fourth-order valence-corrected chi connectivity index (χ4v) is 4.18. The zero-order chi connectivity index (χ0) is 20.7.